The third-order valence-electron chi connectivity index (χ3n) is 7.19. The van der Waals surface area contributed by atoms with Gasteiger partial charge in [0.15, 0.2) is 0 Å². The lowest BCUT2D eigenvalue weighted by atomic mass is 9.84. The quantitative estimate of drug-likeness (QED) is 0.180. The van der Waals surface area contributed by atoms with E-state index in [1.54, 1.807) is 0 Å². The minimum Gasteiger partial charge on any atom is -0.494 e. The van der Waals surface area contributed by atoms with Crippen molar-refractivity contribution in [2.24, 2.45) is 0 Å². The Hall–Kier alpha value is -3.60. The van der Waals surface area contributed by atoms with Crippen LogP contribution in [0.5, 0.6) is 5.75 Å². The first-order valence-electron chi connectivity index (χ1n) is 14.8. The number of carbonyl (C=O) groups excluding carboxylic acids is 2. The molecule has 1 atom stereocenters. The average molecular weight is 575 g/mol. The number of rotatable bonds is 10. The molecule has 3 aromatic carbocycles. The lowest BCUT2D eigenvalue weighted by molar-refractivity contribution is -0.142. The molecule has 3 rings (SSSR count). The van der Waals surface area contributed by atoms with Gasteiger partial charge < -0.3 is 14.2 Å². The SMILES string of the molecule is CCCCOc1ccc(CC(C(=O)OC)c2ccc(C(C)(C)C)cc2)cc1.COC(=O)Cc1ccc(C(C)(C)C)cc1. The first-order chi connectivity index (χ1) is 19.8. The van der Waals surface area contributed by atoms with Crippen molar-refractivity contribution < 1.29 is 23.8 Å². The van der Waals surface area contributed by atoms with Crippen LogP contribution in [-0.2, 0) is 42.7 Å². The second-order valence-corrected chi connectivity index (χ2v) is 12.7. The highest BCUT2D eigenvalue weighted by Crippen LogP contribution is 2.28. The number of hydrogen-bond acceptors (Lipinski definition) is 5. The summed E-state index contributed by atoms with van der Waals surface area (Å²) in [5.41, 5.74) is 5.84. The van der Waals surface area contributed by atoms with Crippen LogP contribution in [0.25, 0.3) is 0 Å². The summed E-state index contributed by atoms with van der Waals surface area (Å²) in [4.78, 5) is 23.4. The highest BCUT2D eigenvalue weighted by atomic mass is 16.5. The van der Waals surface area contributed by atoms with E-state index in [-0.39, 0.29) is 28.7 Å². The first kappa shape index (κ1) is 34.6. The summed E-state index contributed by atoms with van der Waals surface area (Å²) >= 11 is 0. The molecular formula is C37H50O5. The Morgan fingerprint density at radius 2 is 1.19 bits per heavy atom. The largest absolute Gasteiger partial charge is 0.494 e. The van der Waals surface area contributed by atoms with E-state index in [1.165, 1.54) is 25.3 Å². The molecule has 0 fully saturated rings. The number of benzene rings is 3. The molecule has 0 saturated heterocycles. The molecule has 0 bridgehead atoms. The molecule has 0 aromatic heterocycles. The zero-order valence-corrected chi connectivity index (χ0v) is 27.1. The fourth-order valence-electron chi connectivity index (χ4n) is 4.35. The van der Waals surface area contributed by atoms with Crippen LogP contribution < -0.4 is 4.74 Å². The Labute approximate surface area is 253 Å². The van der Waals surface area contributed by atoms with Crippen LogP contribution in [-0.4, -0.2) is 32.8 Å². The van der Waals surface area contributed by atoms with Gasteiger partial charge in [-0.15, -0.1) is 0 Å². The third-order valence-corrected chi connectivity index (χ3v) is 7.19. The molecular weight excluding hydrogens is 524 g/mol. The molecule has 1 unspecified atom stereocenters. The van der Waals surface area contributed by atoms with Crippen molar-refractivity contribution in [2.45, 2.75) is 90.9 Å². The molecule has 0 radical (unpaired) electrons. The summed E-state index contributed by atoms with van der Waals surface area (Å²) in [6.07, 6.45) is 3.13. The molecule has 0 heterocycles. The predicted octanol–water partition coefficient (Wildman–Crippen LogP) is 8.36. The van der Waals surface area contributed by atoms with Crippen molar-refractivity contribution in [1.29, 1.82) is 0 Å². The Bertz CT molecular complexity index is 1230. The Balaban J connectivity index is 0.000000347. The second-order valence-electron chi connectivity index (χ2n) is 12.7. The molecule has 0 N–H and O–H groups in total. The van der Waals surface area contributed by atoms with Crippen LogP contribution >= 0.6 is 0 Å². The van der Waals surface area contributed by atoms with Crippen molar-refractivity contribution in [3.63, 3.8) is 0 Å². The molecule has 0 amide bonds. The van der Waals surface area contributed by atoms with E-state index >= 15 is 0 Å². The minimum atomic E-state index is -0.309. The smallest absolute Gasteiger partial charge is 0.313 e. The molecule has 5 nitrogen and oxygen atoms in total. The minimum absolute atomic E-state index is 0.0902. The topological polar surface area (TPSA) is 61.8 Å². The fraction of sp³-hybridized carbons (Fsp3) is 0.459. The molecule has 0 aliphatic carbocycles. The van der Waals surface area contributed by atoms with Gasteiger partial charge in [0, 0.05) is 0 Å². The summed E-state index contributed by atoms with van der Waals surface area (Å²) in [5.74, 6) is 0.160. The van der Waals surface area contributed by atoms with Crippen molar-refractivity contribution in [1.82, 2.24) is 0 Å². The maximum atomic E-state index is 12.4. The van der Waals surface area contributed by atoms with Crippen LogP contribution in [0.1, 0.15) is 95.0 Å². The van der Waals surface area contributed by atoms with E-state index in [0.717, 1.165) is 41.9 Å². The van der Waals surface area contributed by atoms with Crippen LogP contribution in [0.3, 0.4) is 0 Å². The van der Waals surface area contributed by atoms with E-state index in [2.05, 4.69) is 77.5 Å². The maximum absolute atomic E-state index is 12.4. The van der Waals surface area contributed by atoms with E-state index in [0.29, 0.717) is 12.8 Å². The van der Waals surface area contributed by atoms with Gasteiger partial charge in [-0.2, -0.15) is 0 Å². The summed E-state index contributed by atoms with van der Waals surface area (Å²) in [7, 11) is 2.86. The van der Waals surface area contributed by atoms with Gasteiger partial charge in [-0.05, 0) is 63.6 Å². The molecule has 228 valence electrons. The molecule has 3 aromatic rings. The van der Waals surface area contributed by atoms with Crippen LogP contribution in [0.2, 0.25) is 0 Å². The molecule has 0 spiro atoms. The Morgan fingerprint density at radius 1 is 0.690 bits per heavy atom. The molecule has 0 aliphatic heterocycles. The molecule has 0 saturated carbocycles. The van der Waals surface area contributed by atoms with Gasteiger partial charge in [-0.25, -0.2) is 0 Å². The number of unbranched alkanes of at least 4 members (excludes halogenated alkanes) is 1. The van der Waals surface area contributed by atoms with Crippen LogP contribution in [0, 0.1) is 0 Å². The monoisotopic (exact) mass is 574 g/mol. The maximum Gasteiger partial charge on any atom is 0.313 e. The Kier molecular flexibility index (Phi) is 13.3. The third kappa shape index (κ3) is 11.3. The highest BCUT2D eigenvalue weighted by Gasteiger charge is 2.23. The van der Waals surface area contributed by atoms with Gasteiger partial charge >= 0.3 is 11.9 Å². The van der Waals surface area contributed by atoms with Gasteiger partial charge in [0.05, 0.1) is 33.2 Å². The van der Waals surface area contributed by atoms with E-state index in [9.17, 15) is 9.59 Å². The summed E-state index contributed by atoms with van der Waals surface area (Å²) in [6.45, 7) is 15.9. The highest BCUT2D eigenvalue weighted by molar-refractivity contribution is 5.78. The normalized spacial score (nSPS) is 12.0. The number of ether oxygens (including phenoxy) is 3. The zero-order valence-electron chi connectivity index (χ0n) is 27.1. The lowest BCUT2D eigenvalue weighted by Gasteiger charge is -2.21. The lowest BCUT2D eigenvalue weighted by Crippen LogP contribution is -2.17. The molecule has 0 aliphatic rings. The van der Waals surface area contributed by atoms with Crippen LogP contribution in [0.4, 0.5) is 0 Å². The van der Waals surface area contributed by atoms with E-state index in [4.69, 9.17) is 9.47 Å². The first-order valence-corrected chi connectivity index (χ1v) is 14.8. The number of hydrogen-bond donors (Lipinski definition) is 0. The van der Waals surface area contributed by atoms with E-state index < -0.39 is 0 Å². The zero-order chi connectivity index (χ0) is 31.3. The van der Waals surface area contributed by atoms with Crippen molar-refractivity contribution >= 4 is 11.9 Å². The molecule has 42 heavy (non-hydrogen) atoms. The van der Waals surface area contributed by atoms with Gasteiger partial charge in [0.25, 0.3) is 0 Å². The van der Waals surface area contributed by atoms with Gasteiger partial charge in [-0.3, -0.25) is 9.59 Å². The standard InChI is InChI=1S/C24H32O3.C13H18O2/c1-6-7-16-27-21-14-8-18(9-15-21)17-22(23(25)26-5)19-10-12-20(13-11-19)24(2,3)4;1-13(2,3)11-7-5-10(6-8-11)9-12(14)15-4/h8-15,22H,6-7,16-17H2,1-5H3;5-8H,9H2,1-4H3. The summed E-state index contributed by atoms with van der Waals surface area (Å²) in [6, 6.07) is 24.4. The average Bonchev–Trinajstić information content (AvgIpc) is 2.96. The fourth-order valence-corrected chi connectivity index (χ4v) is 4.35. The second kappa shape index (κ2) is 16.1. The molecule has 5 heteroatoms. The predicted molar refractivity (Wildman–Crippen MR) is 171 cm³/mol. The summed E-state index contributed by atoms with van der Waals surface area (Å²) < 4.78 is 15.4. The van der Waals surface area contributed by atoms with Crippen molar-refractivity contribution in [2.75, 3.05) is 20.8 Å². The van der Waals surface area contributed by atoms with Gasteiger partial charge in [0.1, 0.15) is 5.75 Å². The van der Waals surface area contributed by atoms with Gasteiger partial charge in [-0.1, -0.05) is 116 Å². The Morgan fingerprint density at radius 3 is 1.64 bits per heavy atom. The summed E-state index contributed by atoms with van der Waals surface area (Å²) in [5, 5.41) is 0. The van der Waals surface area contributed by atoms with E-state index in [1.807, 2.05) is 48.5 Å². The van der Waals surface area contributed by atoms with Gasteiger partial charge in [0.2, 0.25) is 0 Å². The number of methoxy groups -OCH3 is 2. The number of esters is 2. The van der Waals surface area contributed by atoms with Crippen molar-refractivity contribution in [3.05, 3.63) is 101 Å². The van der Waals surface area contributed by atoms with Crippen LogP contribution in [0.15, 0.2) is 72.8 Å². The van der Waals surface area contributed by atoms with Crippen molar-refractivity contribution in [3.8, 4) is 5.75 Å². The number of carbonyl (C=O) groups is 2.